The molecule has 4 saturated carbocycles. The molecule has 3 saturated heterocycles. The van der Waals surface area contributed by atoms with E-state index in [2.05, 4.69) is 42.0 Å². The second kappa shape index (κ2) is 13.6. The van der Waals surface area contributed by atoms with Crippen LogP contribution in [0.25, 0.3) is 0 Å². The van der Waals surface area contributed by atoms with E-state index in [1.165, 1.54) is 96.7 Å². The van der Waals surface area contributed by atoms with Crippen molar-refractivity contribution in [3.8, 4) is 0 Å². The van der Waals surface area contributed by atoms with Gasteiger partial charge in [0.2, 0.25) is 0 Å². The first kappa shape index (κ1) is 34.8. The van der Waals surface area contributed by atoms with Gasteiger partial charge in [-0.2, -0.15) is 0 Å². The number of piperidine rings is 1. The van der Waals surface area contributed by atoms with Crippen LogP contribution in [0.1, 0.15) is 117 Å². The lowest BCUT2D eigenvalue weighted by Gasteiger charge is -2.60. The molecule has 7 fully saturated rings. The average Bonchev–Trinajstić information content (AvgIpc) is 3.93. The molecule has 7 nitrogen and oxygen atoms in total. The number of ether oxygens (including phenoxy) is 1. The second-order valence-corrected chi connectivity index (χ2v) is 18.7. The number of nitrogens with zero attached hydrogens (tertiary/aromatic N) is 2. The Morgan fingerprint density at radius 3 is 2.49 bits per heavy atom. The lowest BCUT2D eigenvalue weighted by molar-refractivity contribution is -0.197. The normalized spacial score (nSPS) is 45.7. The number of carboxylic acid groups (broad SMARTS) is 1. The molecular formula is C42H67N3O4. The topological polar surface area (TPSA) is 82.1 Å². The summed E-state index contributed by atoms with van der Waals surface area (Å²) in [5, 5.41) is 15.6. The summed E-state index contributed by atoms with van der Waals surface area (Å²) in [7, 11) is 0. The number of likely N-dealkylation sites (tertiary alicyclic amines) is 2. The predicted octanol–water partition coefficient (Wildman–Crippen LogP) is 6.80. The Labute approximate surface area is 296 Å². The van der Waals surface area contributed by atoms with Crippen LogP contribution in [0.5, 0.6) is 0 Å². The minimum atomic E-state index is -1.14. The van der Waals surface area contributed by atoms with Crippen LogP contribution < -0.4 is 5.32 Å². The third kappa shape index (κ3) is 5.23. The third-order valence-electron chi connectivity index (χ3n) is 16.5. The Hall–Kier alpha value is -1.28. The fourth-order valence-electron chi connectivity index (χ4n) is 14.5. The van der Waals surface area contributed by atoms with Crippen LogP contribution in [0.3, 0.4) is 0 Å². The SMILES string of the molecule is CC(C)C1=CC2CC3(C=O)[C@@H]4CC[C@@H](C)[C@H]4CC2([C@H]2C[C@@H](C4CCCCC4)[C@H](CNCCN4CCCCC4CN4CCCC4)O2)C13C(=O)O. The van der Waals surface area contributed by atoms with Crippen molar-refractivity contribution in [3.05, 3.63) is 11.6 Å². The van der Waals surface area contributed by atoms with Gasteiger partial charge in [-0.15, -0.1) is 0 Å². The molecule has 4 bridgehead atoms. The van der Waals surface area contributed by atoms with Crippen molar-refractivity contribution in [2.24, 2.45) is 57.7 Å². The molecule has 7 heteroatoms. The molecule has 11 atom stereocenters. The van der Waals surface area contributed by atoms with E-state index in [-0.39, 0.29) is 30.0 Å². The monoisotopic (exact) mass is 678 g/mol. The maximum Gasteiger partial charge on any atom is 0.315 e. The van der Waals surface area contributed by atoms with Crippen molar-refractivity contribution in [2.45, 2.75) is 135 Å². The largest absolute Gasteiger partial charge is 0.481 e. The van der Waals surface area contributed by atoms with E-state index >= 15 is 0 Å². The summed E-state index contributed by atoms with van der Waals surface area (Å²) in [5.41, 5.74) is -1.44. The fourth-order valence-corrected chi connectivity index (χ4v) is 14.5. The zero-order valence-corrected chi connectivity index (χ0v) is 31.1. The van der Waals surface area contributed by atoms with Gasteiger partial charge < -0.3 is 24.9 Å². The quantitative estimate of drug-likeness (QED) is 0.134. The highest BCUT2D eigenvalue weighted by atomic mass is 16.5. The van der Waals surface area contributed by atoms with Gasteiger partial charge in [-0.1, -0.05) is 77.4 Å². The summed E-state index contributed by atoms with van der Waals surface area (Å²) in [6, 6.07) is 0.689. The van der Waals surface area contributed by atoms with Crippen molar-refractivity contribution >= 4 is 12.3 Å². The minimum absolute atomic E-state index is 0.104. The maximum absolute atomic E-state index is 14.2. The van der Waals surface area contributed by atoms with Gasteiger partial charge in [-0.05, 0) is 112 Å². The van der Waals surface area contributed by atoms with E-state index in [0.29, 0.717) is 36.1 Å². The number of carbonyl (C=O) groups is 2. The maximum atomic E-state index is 14.2. The molecule has 5 aliphatic carbocycles. The van der Waals surface area contributed by atoms with Crippen LogP contribution in [-0.2, 0) is 14.3 Å². The summed E-state index contributed by atoms with van der Waals surface area (Å²) in [6.45, 7) is 14.7. The first-order valence-corrected chi connectivity index (χ1v) is 21.0. The van der Waals surface area contributed by atoms with Crippen LogP contribution in [-0.4, -0.2) is 91.2 Å². The molecule has 0 aromatic carbocycles. The lowest BCUT2D eigenvalue weighted by Crippen LogP contribution is -2.65. The van der Waals surface area contributed by atoms with Crippen molar-refractivity contribution in [3.63, 3.8) is 0 Å². The predicted molar refractivity (Wildman–Crippen MR) is 193 cm³/mol. The molecule has 3 heterocycles. The van der Waals surface area contributed by atoms with Gasteiger partial charge in [-0.25, -0.2) is 0 Å². The Bertz CT molecular complexity index is 1260. The van der Waals surface area contributed by atoms with Gasteiger partial charge in [0.05, 0.1) is 17.6 Å². The summed E-state index contributed by atoms with van der Waals surface area (Å²) in [5.74, 6) is 1.72. The number of allylic oxidation sites excluding steroid dienone is 1. The van der Waals surface area contributed by atoms with Crippen LogP contribution in [0, 0.1) is 57.7 Å². The number of carbonyl (C=O) groups excluding carboxylic acids is 1. The number of hydrogen-bond donors (Lipinski definition) is 2. The van der Waals surface area contributed by atoms with Crippen molar-refractivity contribution in [1.82, 2.24) is 15.1 Å². The molecule has 0 amide bonds. The fraction of sp³-hybridized carbons (Fsp3) is 0.905. The molecule has 3 aliphatic heterocycles. The van der Waals surface area contributed by atoms with Gasteiger partial charge in [0.15, 0.2) is 0 Å². The van der Waals surface area contributed by atoms with Gasteiger partial charge in [0.1, 0.15) is 11.7 Å². The Balaban J connectivity index is 1.05. The first-order valence-electron chi connectivity index (χ1n) is 21.0. The first-order chi connectivity index (χ1) is 23.8. The standard InChI is InChI=1S/C42H67N3O4/c1-28(2)36-21-31-23-40(27-46)35-15-14-29(3)34(35)24-41(31,42(36,40)39(47)48)38-22-33(30-11-5-4-6-12-30)37(49-38)25-43-16-20-45-19-8-7-13-32(45)26-44-17-9-10-18-44/h21,27-35,37-38,43H,4-20,22-26H2,1-3H3,(H,47,48)/t29-,31?,32?,33+,34-,35-,37+,38-,40?,41?,42?/m1/s1. The lowest BCUT2D eigenvalue weighted by atomic mass is 9.41. The zero-order valence-electron chi connectivity index (χ0n) is 31.1. The summed E-state index contributed by atoms with van der Waals surface area (Å²) in [6.07, 6.45) is 21.5. The van der Waals surface area contributed by atoms with Crippen LogP contribution >= 0.6 is 0 Å². The zero-order chi connectivity index (χ0) is 34.0. The molecule has 49 heavy (non-hydrogen) atoms. The van der Waals surface area contributed by atoms with E-state index in [1.807, 2.05) is 0 Å². The van der Waals surface area contributed by atoms with Gasteiger partial charge in [0.25, 0.3) is 0 Å². The van der Waals surface area contributed by atoms with E-state index in [1.54, 1.807) is 0 Å². The minimum Gasteiger partial charge on any atom is -0.481 e. The number of aliphatic carboxylic acids is 1. The molecule has 2 N–H and O–H groups in total. The molecule has 5 unspecified atom stereocenters. The van der Waals surface area contributed by atoms with Crippen LogP contribution in [0.15, 0.2) is 11.6 Å². The van der Waals surface area contributed by atoms with E-state index in [9.17, 15) is 14.7 Å². The van der Waals surface area contributed by atoms with E-state index in [4.69, 9.17) is 4.74 Å². The molecule has 274 valence electrons. The van der Waals surface area contributed by atoms with E-state index < -0.39 is 22.2 Å². The summed E-state index contributed by atoms with van der Waals surface area (Å²) < 4.78 is 7.45. The van der Waals surface area contributed by atoms with Crippen molar-refractivity contribution in [1.29, 1.82) is 0 Å². The number of hydrogen-bond acceptors (Lipinski definition) is 6. The Kier molecular flexibility index (Phi) is 9.66. The number of carboxylic acids is 1. The van der Waals surface area contributed by atoms with E-state index in [0.717, 1.165) is 50.9 Å². The average molecular weight is 678 g/mol. The third-order valence-corrected chi connectivity index (χ3v) is 16.5. The summed E-state index contributed by atoms with van der Waals surface area (Å²) >= 11 is 0. The highest BCUT2D eigenvalue weighted by molar-refractivity contribution is 5.90. The van der Waals surface area contributed by atoms with Crippen LogP contribution in [0.4, 0.5) is 0 Å². The second-order valence-electron chi connectivity index (χ2n) is 18.7. The van der Waals surface area contributed by atoms with Gasteiger partial charge in [0, 0.05) is 37.6 Å². The summed E-state index contributed by atoms with van der Waals surface area (Å²) in [4.78, 5) is 33.3. The molecule has 0 aromatic rings. The number of fused-ring (bicyclic) bond motifs is 2. The molecular weight excluding hydrogens is 610 g/mol. The number of aldehydes is 1. The Morgan fingerprint density at radius 1 is 1.00 bits per heavy atom. The van der Waals surface area contributed by atoms with Crippen molar-refractivity contribution in [2.75, 3.05) is 45.8 Å². The Morgan fingerprint density at radius 2 is 1.76 bits per heavy atom. The van der Waals surface area contributed by atoms with Crippen molar-refractivity contribution < 1.29 is 19.4 Å². The highest BCUT2D eigenvalue weighted by Crippen LogP contribution is 2.84. The van der Waals surface area contributed by atoms with Gasteiger partial charge >= 0.3 is 5.97 Å². The van der Waals surface area contributed by atoms with Crippen LogP contribution in [0.2, 0.25) is 0 Å². The number of rotatable bonds is 12. The molecule has 8 rings (SSSR count). The molecule has 0 radical (unpaired) electrons. The molecule has 8 aliphatic rings. The number of nitrogens with one attached hydrogen (secondary N) is 1. The smallest absolute Gasteiger partial charge is 0.315 e. The van der Waals surface area contributed by atoms with Gasteiger partial charge in [-0.3, -0.25) is 9.69 Å². The highest BCUT2D eigenvalue weighted by Gasteiger charge is 2.86. The molecule has 0 aromatic heterocycles. The molecule has 0 spiro atoms.